The summed E-state index contributed by atoms with van der Waals surface area (Å²) in [6.07, 6.45) is 0. The van der Waals surface area contributed by atoms with Crippen molar-refractivity contribution in [1.82, 2.24) is 0 Å². The number of fused-ring (bicyclic) bond motifs is 2. The van der Waals surface area contributed by atoms with Gasteiger partial charge in [-0.05, 0) is 36.4 Å². The maximum atomic E-state index is 12.5. The standard InChI is InChI=1S/C16H6NO7/c18-13-9-3-1-7(5-11(9)15(20)23-13)17(22)8-2-4-10-12(6-8)16(21)24-14(10)19/h1-6H/q-1. The number of hydrogen-bond donors (Lipinski definition) is 0. The zero-order chi connectivity index (χ0) is 17.0. The number of esters is 4. The second-order valence-corrected chi connectivity index (χ2v) is 5.11. The molecule has 0 aliphatic carbocycles. The number of hydrogen-bond acceptors (Lipinski definition) is 8. The van der Waals surface area contributed by atoms with Crippen LogP contribution in [0.1, 0.15) is 41.4 Å². The number of anilines is 2. The molecule has 0 N–H and O–H groups in total. The van der Waals surface area contributed by atoms with E-state index in [9.17, 15) is 24.4 Å². The van der Waals surface area contributed by atoms with Gasteiger partial charge in [-0.3, -0.25) is 0 Å². The van der Waals surface area contributed by atoms with Gasteiger partial charge in [0.1, 0.15) is 0 Å². The topological polar surface area (TPSA) is 113 Å². The monoisotopic (exact) mass is 324 g/mol. The van der Waals surface area contributed by atoms with Crippen LogP contribution in [-0.4, -0.2) is 23.9 Å². The second kappa shape index (κ2) is 4.74. The van der Waals surface area contributed by atoms with Crippen molar-refractivity contribution in [3.05, 3.63) is 63.9 Å². The summed E-state index contributed by atoms with van der Waals surface area (Å²) in [4.78, 5) is 45.9. The first-order chi connectivity index (χ1) is 11.5. The highest BCUT2D eigenvalue weighted by molar-refractivity contribution is 6.16. The average molecular weight is 324 g/mol. The summed E-state index contributed by atoms with van der Waals surface area (Å²) in [6, 6.07) is 7.78. The highest BCUT2D eigenvalue weighted by Crippen LogP contribution is 2.32. The molecule has 2 aliphatic heterocycles. The van der Waals surface area contributed by atoms with Crippen molar-refractivity contribution in [1.29, 1.82) is 0 Å². The molecule has 0 saturated carbocycles. The Morgan fingerprint density at radius 2 is 1.00 bits per heavy atom. The van der Waals surface area contributed by atoms with Crippen molar-refractivity contribution in [2.45, 2.75) is 0 Å². The molecule has 0 bridgehead atoms. The normalized spacial score (nSPS) is 15.0. The lowest BCUT2D eigenvalue weighted by molar-refractivity contribution is 0.0425. The van der Waals surface area contributed by atoms with E-state index in [0.717, 1.165) is 0 Å². The third-order valence-electron chi connectivity index (χ3n) is 3.73. The minimum absolute atomic E-state index is 0.00547. The van der Waals surface area contributed by atoms with Gasteiger partial charge in [0, 0.05) is 11.4 Å². The number of nitrogens with zero attached hydrogens (tertiary/aromatic N) is 1. The van der Waals surface area contributed by atoms with Crippen LogP contribution in [0.5, 0.6) is 0 Å². The van der Waals surface area contributed by atoms with E-state index in [1.807, 2.05) is 0 Å². The molecule has 118 valence electrons. The van der Waals surface area contributed by atoms with Crippen LogP contribution in [0, 0.1) is 5.21 Å². The Kier molecular flexibility index (Phi) is 2.78. The first-order valence-electron chi connectivity index (χ1n) is 6.74. The van der Waals surface area contributed by atoms with Gasteiger partial charge in [-0.2, -0.15) is 0 Å². The minimum atomic E-state index is -0.826. The predicted molar refractivity (Wildman–Crippen MR) is 77.9 cm³/mol. The third-order valence-corrected chi connectivity index (χ3v) is 3.73. The van der Waals surface area contributed by atoms with Gasteiger partial charge in [-0.1, -0.05) is 0 Å². The zero-order valence-corrected chi connectivity index (χ0v) is 11.8. The van der Waals surface area contributed by atoms with Crippen LogP contribution in [0.15, 0.2) is 36.4 Å². The first kappa shape index (κ1) is 14.1. The Morgan fingerprint density at radius 1 is 0.625 bits per heavy atom. The number of ether oxygens (including phenoxy) is 2. The number of carbonyl (C=O) groups excluding carboxylic acids is 4. The highest BCUT2D eigenvalue weighted by Gasteiger charge is 2.31. The molecule has 0 saturated heterocycles. The summed E-state index contributed by atoms with van der Waals surface area (Å²) in [5.41, 5.74) is 0.292. The molecule has 0 amide bonds. The van der Waals surface area contributed by atoms with E-state index in [1.165, 1.54) is 36.4 Å². The zero-order valence-electron chi connectivity index (χ0n) is 11.8. The highest BCUT2D eigenvalue weighted by atomic mass is 16.6. The van der Waals surface area contributed by atoms with Crippen molar-refractivity contribution >= 4 is 35.3 Å². The smallest absolute Gasteiger partial charge is 0.346 e. The summed E-state index contributed by atoms with van der Waals surface area (Å²) in [6.45, 7) is 0. The lowest BCUT2D eigenvalue weighted by Gasteiger charge is -2.31. The van der Waals surface area contributed by atoms with E-state index >= 15 is 0 Å². The molecule has 0 spiro atoms. The molecular weight excluding hydrogens is 318 g/mol. The molecular formula is C16H6NO7-. The van der Waals surface area contributed by atoms with Gasteiger partial charge < -0.3 is 19.7 Å². The second-order valence-electron chi connectivity index (χ2n) is 5.11. The Morgan fingerprint density at radius 3 is 1.42 bits per heavy atom. The Bertz CT molecular complexity index is 885. The number of carbonyl (C=O) groups is 4. The molecule has 0 fully saturated rings. The molecule has 0 unspecified atom stereocenters. The molecule has 0 atom stereocenters. The molecule has 24 heavy (non-hydrogen) atoms. The van der Waals surface area contributed by atoms with E-state index < -0.39 is 23.9 Å². The Hall–Kier alpha value is -3.52. The van der Waals surface area contributed by atoms with Crippen molar-refractivity contribution in [2.75, 3.05) is 5.06 Å². The molecule has 2 heterocycles. The van der Waals surface area contributed by atoms with E-state index in [2.05, 4.69) is 9.47 Å². The van der Waals surface area contributed by atoms with Crippen molar-refractivity contribution in [2.24, 2.45) is 0 Å². The maximum absolute atomic E-state index is 12.5. The van der Waals surface area contributed by atoms with Crippen LogP contribution in [0.25, 0.3) is 0 Å². The molecule has 2 aromatic carbocycles. The van der Waals surface area contributed by atoms with Gasteiger partial charge in [0.05, 0.1) is 22.3 Å². The lowest BCUT2D eigenvalue weighted by Crippen LogP contribution is -2.09. The molecule has 8 nitrogen and oxygen atoms in total. The van der Waals surface area contributed by atoms with Crippen molar-refractivity contribution in [3.63, 3.8) is 0 Å². The van der Waals surface area contributed by atoms with Crippen LogP contribution in [0.3, 0.4) is 0 Å². The van der Waals surface area contributed by atoms with Crippen LogP contribution in [0.4, 0.5) is 11.4 Å². The summed E-state index contributed by atoms with van der Waals surface area (Å²) >= 11 is 0. The van der Waals surface area contributed by atoms with E-state index in [0.29, 0.717) is 5.06 Å². The molecule has 0 aromatic heterocycles. The SMILES string of the molecule is O=C1OC(=O)c2cc(N([O-])c3ccc4c(c3)C(=O)OC4=O)ccc21. The van der Waals surface area contributed by atoms with Crippen molar-refractivity contribution < 1.29 is 28.7 Å². The quantitative estimate of drug-likeness (QED) is 0.468. The fourth-order valence-electron chi connectivity index (χ4n) is 2.55. The molecule has 2 aliphatic rings. The summed E-state index contributed by atoms with van der Waals surface area (Å²) in [7, 11) is 0. The maximum Gasteiger partial charge on any atom is 0.346 e. The fourth-order valence-corrected chi connectivity index (χ4v) is 2.55. The number of rotatable bonds is 2. The van der Waals surface area contributed by atoms with Crippen LogP contribution in [-0.2, 0) is 9.47 Å². The molecule has 0 radical (unpaired) electrons. The van der Waals surface area contributed by atoms with Gasteiger partial charge in [0.15, 0.2) is 0 Å². The number of benzene rings is 2. The van der Waals surface area contributed by atoms with E-state index in [4.69, 9.17) is 0 Å². The number of cyclic esters (lactones) is 4. The van der Waals surface area contributed by atoms with E-state index in [1.54, 1.807) is 0 Å². The van der Waals surface area contributed by atoms with E-state index in [-0.39, 0.29) is 33.6 Å². The Labute approximate surface area is 133 Å². The van der Waals surface area contributed by atoms with Crippen molar-refractivity contribution in [3.8, 4) is 0 Å². The van der Waals surface area contributed by atoms with Crippen LogP contribution < -0.4 is 5.06 Å². The van der Waals surface area contributed by atoms with Gasteiger partial charge in [-0.25, -0.2) is 19.2 Å². The van der Waals surface area contributed by atoms with Gasteiger partial charge in [0.2, 0.25) is 0 Å². The fraction of sp³-hybridized carbons (Fsp3) is 0. The summed E-state index contributed by atoms with van der Waals surface area (Å²) in [5.74, 6) is -3.18. The third kappa shape index (κ3) is 1.90. The predicted octanol–water partition coefficient (Wildman–Crippen LogP) is 1.94. The molecule has 8 heteroatoms. The minimum Gasteiger partial charge on any atom is -0.754 e. The van der Waals surface area contributed by atoms with Gasteiger partial charge >= 0.3 is 23.9 Å². The Balaban J connectivity index is 1.74. The van der Waals surface area contributed by atoms with Gasteiger partial charge in [0.25, 0.3) is 0 Å². The first-order valence-corrected chi connectivity index (χ1v) is 6.74. The largest absolute Gasteiger partial charge is 0.754 e. The van der Waals surface area contributed by atoms with Gasteiger partial charge in [-0.15, -0.1) is 0 Å². The van der Waals surface area contributed by atoms with Crippen LogP contribution >= 0.6 is 0 Å². The molecule has 2 aromatic rings. The summed E-state index contributed by atoms with van der Waals surface area (Å²) < 4.78 is 8.92. The molecule has 4 rings (SSSR count). The summed E-state index contributed by atoms with van der Waals surface area (Å²) in [5, 5.41) is 12.9. The van der Waals surface area contributed by atoms with Crippen LogP contribution in [0.2, 0.25) is 0 Å². The lowest BCUT2D eigenvalue weighted by atomic mass is 10.1. The average Bonchev–Trinajstić information content (AvgIpc) is 3.02.